The lowest BCUT2D eigenvalue weighted by atomic mass is 9.92. The number of hydrogen-bond donors (Lipinski definition) is 3. The molecule has 3 heteroatoms. The number of rotatable bonds is 6. The number of hydrogen-bond acceptors (Lipinski definition) is 3. The quantitative estimate of drug-likeness (QED) is 0.659. The lowest BCUT2D eigenvalue weighted by Gasteiger charge is -2.20. The van der Waals surface area contributed by atoms with Crippen molar-refractivity contribution in [2.75, 3.05) is 13.2 Å². The van der Waals surface area contributed by atoms with E-state index in [1.165, 1.54) is 0 Å². The molecule has 3 N–H and O–H groups in total. The lowest BCUT2D eigenvalue weighted by Crippen LogP contribution is -2.17. The van der Waals surface area contributed by atoms with Crippen LogP contribution in [0.25, 0.3) is 0 Å². The van der Waals surface area contributed by atoms with Gasteiger partial charge in [-0.25, -0.2) is 0 Å². The summed E-state index contributed by atoms with van der Waals surface area (Å²) >= 11 is 0. The van der Waals surface area contributed by atoms with Crippen LogP contribution >= 0.6 is 0 Å². The first-order valence-electron chi connectivity index (χ1n) is 5.24. The minimum absolute atomic E-state index is 0.0595. The molecule has 0 spiro atoms. The molecule has 15 heavy (non-hydrogen) atoms. The number of aliphatic hydroxyl groups is 3. The molecule has 0 radical (unpaired) electrons. The Balaban J connectivity index is 2.60. The summed E-state index contributed by atoms with van der Waals surface area (Å²) in [5.41, 5.74) is 0.814. The van der Waals surface area contributed by atoms with Crippen molar-refractivity contribution in [2.45, 2.75) is 18.9 Å². The van der Waals surface area contributed by atoms with E-state index in [0.29, 0.717) is 12.8 Å². The first kappa shape index (κ1) is 12.2. The van der Waals surface area contributed by atoms with Gasteiger partial charge in [0.2, 0.25) is 0 Å². The van der Waals surface area contributed by atoms with Gasteiger partial charge in [0.25, 0.3) is 0 Å². The molecule has 0 aromatic heterocycles. The smallest absolute Gasteiger partial charge is 0.0840 e. The monoisotopic (exact) mass is 210 g/mol. The van der Waals surface area contributed by atoms with E-state index in [0.717, 1.165) is 5.56 Å². The maximum atomic E-state index is 9.97. The normalized spacial score (nSPS) is 14.9. The molecule has 0 saturated carbocycles. The fourth-order valence-corrected chi connectivity index (χ4v) is 1.62. The third-order valence-electron chi connectivity index (χ3n) is 2.56. The Hall–Kier alpha value is -0.900. The van der Waals surface area contributed by atoms with Gasteiger partial charge in [-0.15, -0.1) is 0 Å². The van der Waals surface area contributed by atoms with Crippen LogP contribution < -0.4 is 0 Å². The van der Waals surface area contributed by atoms with Crippen molar-refractivity contribution in [3.8, 4) is 0 Å². The molecule has 0 unspecified atom stereocenters. The fourth-order valence-electron chi connectivity index (χ4n) is 1.62. The van der Waals surface area contributed by atoms with E-state index < -0.39 is 6.10 Å². The van der Waals surface area contributed by atoms with Gasteiger partial charge in [0, 0.05) is 19.1 Å². The Morgan fingerprint density at radius 2 is 1.73 bits per heavy atom. The molecule has 0 bridgehead atoms. The van der Waals surface area contributed by atoms with E-state index in [9.17, 15) is 5.11 Å². The van der Waals surface area contributed by atoms with Gasteiger partial charge in [-0.05, 0) is 18.4 Å². The van der Waals surface area contributed by atoms with E-state index in [4.69, 9.17) is 10.2 Å². The summed E-state index contributed by atoms with van der Waals surface area (Å²) in [6.45, 7) is 0.0358. The van der Waals surface area contributed by atoms with Crippen molar-refractivity contribution in [1.82, 2.24) is 0 Å². The topological polar surface area (TPSA) is 60.7 Å². The highest BCUT2D eigenvalue weighted by atomic mass is 16.3. The maximum Gasteiger partial charge on any atom is 0.0840 e. The van der Waals surface area contributed by atoms with Gasteiger partial charge in [0.15, 0.2) is 0 Å². The molecule has 0 fully saturated rings. The van der Waals surface area contributed by atoms with Gasteiger partial charge >= 0.3 is 0 Å². The largest absolute Gasteiger partial charge is 0.396 e. The minimum atomic E-state index is -0.650. The second kappa shape index (κ2) is 6.56. The molecule has 0 aliphatic rings. The van der Waals surface area contributed by atoms with Crippen molar-refractivity contribution < 1.29 is 15.3 Å². The molecule has 0 aliphatic carbocycles. The minimum Gasteiger partial charge on any atom is -0.396 e. The molecular weight excluding hydrogens is 192 g/mol. The highest BCUT2D eigenvalue weighted by Crippen LogP contribution is 2.24. The van der Waals surface area contributed by atoms with Crippen molar-refractivity contribution in [2.24, 2.45) is 5.92 Å². The highest BCUT2D eigenvalue weighted by molar-refractivity contribution is 5.17. The first-order valence-corrected chi connectivity index (χ1v) is 5.24. The lowest BCUT2D eigenvalue weighted by molar-refractivity contribution is 0.0577. The molecular formula is C12H18O3. The standard InChI is InChI=1S/C12H18O3/c13-8-4-7-11(9-14)12(15)10-5-2-1-3-6-10/h1-3,5-6,11-15H,4,7-9H2/t11-,12-/m1/s1. The third kappa shape index (κ3) is 3.63. The van der Waals surface area contributed by atoms with Crippen LogP contribution in [0.5, 0.6) is 0 Å². The Morgan fingerprint density at radius 3 is 2.27 bits per heavy atom. The molecule has 1 aromatic carbocycles. The van der Waals surface area contributed by atoms with Crippen molar-refractivity contribution in [3.63, 3.8) is 0 Å². The van der Waals surface area contributed by atoms with Gasteiger partial charge in [0.1, 0.15) is 0 Å². The average Bonchev–Trinajstić information content (AvgIpc) is 2.31. The van der Waals surface area contributed by atoms with Crippen LogP contribution in [-0.2, 0) is 0 Å². The molecule has 3 nitrogen and oxygen atoms in total. The zero-order valence-corrected chi connectivity index (χ0v) is 8.71. The van der Waals surface area contributed by atoms with Crippen LogP contribution in [0, 0.1) is 5.92 Å². The molecule has 0 aliphatic heterocycles. The van der Waals surface area contributed by atoms with Crippen LogP contribution in [0.4, 0.5) is 0 Å². The van der Waals surface area contributed by atoms with E-state index in [1.807, 2.05) is 30.3 Å². The molecule has 0 heterocycles. The van der Waals surface area contributed by atoms with E-state index >= 15 is 0 Å². The molecule has 0 saturated heterocycles. The molecule has 1 rings (SSSR count). The Kier molecular flexibility index (Phi) is 5.32. The predicted octanol–water partition coefficient (Wildman–Crippen LogP) is 1.10. The van der Waals surface area contributed by atoms with Crippen LogP contribution in [-0.4, -0.2) is 28.5 Å². The Bertz CT molecular complexity index is 261. The molecule has 0 amide bonds. The Labute approximate surface area is 90.0 Å². The maximum absolute atomic E-state index is 9.97. The molecule has 1 aromatic rings. The van der Waals surface area contributed by atoms with Crippen molar-refractivity contribution in [1.29, 1.82) is 0 Å². The number of benzene rings is 1. The van der Waals surface area contributed by atoms with Crippen LogP contribution in [0.15, 0.2) is 30.3 Å². The van der Waals surface area contributed by atoms with Gasteiger partial charge in [-0.2, -0.15) is 0 Å². The van der Waals surface area contributed by atoms with Gasteiger partial charge in [-0.3, -0.25) is 0 Å². The van der Waals surface area contributed by atoms with Crippen LogP contribution in [0.1, 0.15) is 24.5 Å². The molecule has 2 atom stereocenters. The number of aliphatic hydroxyl groups excluding tert-OH is 3. The van der Waals surface area contributed by atoms with Gasteiger partial charge in [-0.1, -0.05) is 30.3 Å². The van der Waals surface area contributed by atoms with Crippen molar-refractivity contribution in [3.05, 3.63) is 35.9 Å². The average molecular weight is 210 g/mol. The van der Waals surface area contributed by atoms with E-state index in [2.05, 4.69) is 0 Å². The van der Waals surface area contributed by atoms with Gasteiger partial charge < -0.3 is 15.3 Å². The summed E-state index contributed by atoms with van der Waals surface area (Å²) in [7, 11) is 0. The summed E-state index contributed by atoms with van der Waals surface area (Å²) < 4.78 is 0. The van der Waals surface area contributed by atoms with Crippen molar-refractivity contribution >= 4 is 0 Å². The first-order chi connectivity index (χ1) is 7.29. The van der Waals surface area contributed by atoms with Crippen LogP contribution in [0.3, 0.4) is 0 Å². The summed E-state index contributed by atoms with van der Waals surface area (Å²) in [6.07, 6.45) is 0.584. The van der Waals surface area contributed by atoms with E-state index in [1.54, 1.807) is 0 Å². The third-order valence-corrected chi connectivity index (χ3v) is 2.56. The summed E-state index contributed by atoms with van der Waals surface area (Å²) in [6, 6.07) is 9.29. The second-order valence-corrected chi connectivity index (χ2v) is 3.66. The molecule has 84 valence electrons. The fraction of sp³-hybridized carbons (Fsp3) is 0.500. The zero-order chi connectivity index (χ0) is 11.1. The highest BCUT2D eigenvalue weighted by Gasteiger charge is 2.19. The Morgan fingerprint density at radius 1 is 1.07 bits per heavy atom. The second-order valence-electron chi connectivity index (χ2n) is 3.66. The predicted molar refractivity (Wildman–Crippen MR) is 58.3 cm³/mol. The summed E-state index contributed by atoms with van der Waals surface area (Å²) in [5.74, 6) is -0.195. The zero-order valence-electron chi connectivity index (χ0n) is 8.71. The van der Waals surface area contributed by atoms with Crippen LogP contribution in [0.2, 0.25) is 0 Å². The summed E-state index contributed by atoms with van der Waals surface area (Å²) in [4.78, 5) is 0. The van der Waals surface area contributed by atoms with Gasteiger partial charge in [0.05, 0.1) is 6.10 Å². The summed E-state index contributed by atoms with van der Waals surface area (Å²) in [5, 5.41) is 27.8. The SMILES string of the molecule is OCCC[C@H](CO)[C@H](O)c1ccccc1. The van der Waals surface area contributed by atoms with E-state index in [-0.39, 0.29) is 19.1 Å².